The number of benzene rings is 2. The summed E-state index contributed by atoms with van der Waals surface area (Å²) in [5.41, 5.74) is 10.3. The molecule has 0 radical (unpaired) electrons. The Morgan fingerprint density at radius 2 is 1.64 bits per heavy atom. The molecule has 1 aliphatic rings. The Bertz CT molecular complexity index is 1120. The third-order valence-corrected chi connectivity index (χ3v) is 5.34. The Labute approximate surface area is 163 Å². The molecule has 1 aliphatic heterocycles. The summed E-state index contributed by atoms with van der Waals surface area (Å²) in [4.78, 5) is 11.9. The number of ether oxygens (including phenoxy) is 1. The fourth-order valence-corrected chi connectivity index (χ4v) is 3.92. The summed E-state index contributed by atoms with van der Waals surface area (Å²) in [5, 5.41) is 1.09. The zero-order chi connectivity index (χ0) is 18.9. The lowest BCUT2D eigenvalue weighted by Crippen LogP contribution is -2.36. The predicted molar refractivity (Wildman–Crippen MR) is 111 cm³/mol. The second-order valence-electron chi connectivity index (χ2n) is 7.20. The Morgan fingerprint density at radius 1 is 0.893 bits per heavy atom. The molecule has 6 heteroatoms. The number of aromatic nitrogens is 3. The second-order valence-corrected chi connectivity index (χ2v) is 7.20. The lowest BCUT2D eigenvalue weighted by molar-refractivity contribution is 0.0327. The average molecular weight is 373 g/mol. The summed E-state index contributed by atoms with van der Waals surface area (Å²) in [7, 11) is 0. The molecule has 0 unspecified atom stereocenters. The smallest absolute Gasteiger partial charge is 0.152 e. The van der Waals surface area contributed by atoms with Gasteiger partial charge in [0.2, 0.25) is 0 Å². The van der Waals surface area contributed by atoms with E-state index in [1.165, 1.54) is 5.56 Å². The van der Waals surface area contributed by atoms with E-state index in [4.69, 9.17) is 15.5 Å². The number of nitrogens with zero attached hydrogens (tertiary/aromatic N) is 4. The lowest BCUT2D eigenvalue weighted by atomic mass is 10.1. The molecule has 6 nitrogen and oxygen atoms in total. The summed E-state index contributed by atoms with van der Waals surface area (Å²) in [6, 6.07) is 18.6. The number of nitrogens with two attached hydrogens (primary N) is 1. The van der Waals surface area contributed by atoms with E-state index in [0.717, 1.165) is 67.2 Å². The molecule has 0 spiro atoms. The van der Waals surface area contributed by atoms with E-state index in [2.05, 4.69) is 44.8 Å². The largest absolute Gasteiger partial charge is 0.382 e. The van der Waals surface area contributed by atoms with E-state index in [1.807, 2.05) is 24.3 Å². The highest BCUT2D eigenvalue weighted by atomic mass is 16.5. The van der Waals surface area contributed by atoms with Crippen molar-refractivity contribution >= 4 is 27.8 Å². The summed E-state index contributed by atoms with van der Waals surface area (Å²) >= 11 is 0. The van der Waals surface area contributed by atoms with Crippen LogP contribution in [0.15, 0.2) is 54.6 Å². The van der Waals surface area contributed by atoms with Gasteiger partial charge in [-0.2, -0.15) is 0 Å². The van der Waals surface area contributed by atoms with E-state index < -0.39 is 0 Å². The maximum absolute atomic E-state index is 6.31. The van der Waals surface area contributed by atoms with Crippen LogP contribution in [0.2, 0.25) is 0 Å². The maximum Gasteiger partial charge on any atom is 0.152 e. The van der Waals surface area contributed by atoms with Crippen molar-refractivity contribution in [3.8, 4) is 0 Å². The molecule has 2 aromatic heterocycles. The summed E-state index contributed by atoms with van der Waals surface area (Å²) in [6.07, 6.45) is 0. The van der Waals surface area contributed by atoms with Gasteiger partial charge in [-0.05, 0) is 11.6 Å². The Hall–Kier alpha value is -2.96. The predicted octanol–water partition coefficient (Wildman–Crippen LogP) is 3.05. The standard InChI is InChI=1S/C22H23N5O/c23-22-20-21(17-8-4-5-9-18(17)24-22)27(14-16-6-2-1-3-7-16)19(25-20)15-26-10-12-28-13-11-26/h1-9H,10-15H2,(H2,23,24). The molecule has 2 aromatic carbocycles. The van der Waals surface area contributed by atoms with Gasteiger partial charge in [0, 0.05) is 25.0 Å². The molecule has 5 rings (SSSR count). The van der Waals surface area contributed by atoms with Crippen molar-refractivity contribution in [1.29, 1.82) is 0 Å². The molecule has 0 aliphatic carbocycles. The topological polar surface area (TPSA) is 69.2 Å². The maximum atomic E-state index is 6.31. The van der Waals surface area contributed by atoms with Gasteiger partial charge in [0.15, 0.2) is 5.82 Å². The second kappa shape index (κ2) is 7.22. The van der Waals surface area contributed by atoms with Crippen LogP contribution in [0.3, 0.4) is 0 Å². The van der Waals surface area contributed by atoms with Crippen LogP contribution in [-0.2, 0) is 17.8 Å². The summed E-state index contributed by atoms with van der Waals surface area (Å²) in [5.74, 6) is 1.51. The normalized spacial score (nSPS) is 15.4. The van der Waals surface area contributed by atoms with E-state index >= 15 is 0 Å². The molecule has 4 aromatic rings. The van der Waals surface area contributed by atoms with Gasteiger partial charge in [-0.1, -0.05) is 48.5 Å². The summed E-state index contributed by atoms with van der Waals surface area (Å²) in [6.45, 7) is 4.91. The van der Waals surface area contributed by atoms with Crippen molar-refractivity contribution in [2.24, 2.45) is 0 Å². The fourth-order valence-electron chi connectivity index (χ4n) is 3.92. The highest BCUT2D eigenvalue weighted by molar-refractivity contribution is 6.06. The van der Waals surface area contributed by atoms with Crippen LogP contribution < -0.4 is 5.73 Å². The number of imidazole rings is 1. The minimum absolute atomic E-state index is 0.490. The first kappa shape index (κ1) is 17.2. The Morgan fingerprint density at radius 3 is 2.46 bits per heavy atom. The van der Waals surface area contributed by atoms with E-state index in [9.17, 15) is 0 Å². The molecule has 1 fully saturated rings. The van der Waals surface area contributed by atoms with Crippen molar-refractivity contribution in [3.63, 3.8) is 0 Å². The Balaban J connectivity index is 1.69. The van der Waals surface area contributed by atoms with Gasteiger partial charge in [0.1, 0.15) is 11.3 Å². The molecule has 1 saturated heterocycles. The molecular formula is C22H23N5O. The highest BCUT2D eigenvalue weighted by Gasteiger charge is 2.20. The molecule has 28 heavy (non-hydrogen) atoms. The van der Waals surface area contributed by atoms with Gasteiger partial charge in [-0.15, -0.1) is 0 Å². The number of hydrogen-bond donors (Lipinski definition) is 1. The van der Waals surface area contributed by atoms with Crippen molar-refractivity contribution in [2.75, 3.05) is 32.0 Å². The number of pyridine rings is 1. The number of nitrogen functional groups attached to an aromatic ring is 1. The van der Waals surface area contributed by atoms with Crippen LogP contribution in [0.1, 0.15) is 11.4 Å². The zero-order valence-electron chi connectivity index (χ0n) is 15.7. The first-order chi connectivity index (χ1) is 13.8. The first-order valence-electron chi connectivity index (χ1n) is 9.67. The molecular weight excluding hydrogens is 350 g/mol. The number of anilines is 1. The van der Waals surface area contributed by atoms with Gasteiger partial charge in [0.05, 0.1) is 30.8 Å². The minimum Gasteiger partial charge on any atom is -0.382 e. The van der Waals surface area contributed by atoms with Gasteiger partial charge in [0.25, 0.3) is 0 Å². The highest BCUT2D eigenvalue weighted by Crippen LogP contribution is 2.30. The number of hydrogen-bond acceptors (Lipinski definition) is 5. The monoisotopic (exact) mass is 373 g/mol. The lowest BCUT2D eigenvalue weighted by Gasteiger charge is -2.26. The number of fused-ring (bicyclic) bond motifs is 3. The number of morpholine rings is 1. The SMILES string of the molecule is Nc1nc2ccccc2c2c1nc(CN1CCOCC1)n2Cc1ccccc1. The number of para-hydroxylation sites is 1. The molecule has 0 bridgehead atoms. The zero-order valence-corrected chi connectivity index (χ0v) is 15.7. The molecule has 3 heterocycles. The third kappa shape index (κ3) is 3.10. The van der Waals surface area contributed by atoms with Crippen LogP contribution in [-0.4, -0.2) is 45.7 Å². The third-order valence-electron chi connectivity index (χ3n) is 5.34. The van der Waals surface area contributed by atoms with E-state index in [1.54, 1.807) is 0 Å². The van der Waals surface area contributed by atoms with Gasteiger partial charge in [-0.3, -0.25) is 4.90 Å². The van der Waals surface area contributed by atoms with Crippen LogP contribution >= 0.6 is 0 Å². The molecule has 2 N–H and O–H groups in total. The van der Waals surface area contributed by atoms with Crippen molar-refractivity contribution in [3.05, 3.63) is 66.0 Å². The van der Waals surface area contributed by atoms with Gasteiger partial charge in [-0.25, -0.2) is 9.97 Å². The molecule has 0 amide bonds. The van der Waals surface area contributed by atoms with Crippen LogP contribution in [0.4, 0.5) is 5.82 Å². The quantitative estimate of drug-likeness (QED) is 0.595. The molecule has 142 valence electrons. The van der Waals surface area contributed by atoms with E-state index in [0.29, 0.717) is 5.82 Å². The average Bonchev–Trinajstić information content (AvgIpc) is 3.08. The summed E-state index contributed by atoms with van der Waals surface area (Å²) < 4.78 is 7.81. The fraction of sp³-hybridized carbons (Fsp3) is 0.273. The molecule has 0 atom stereocenters. The van der Waals surface area contributed by atoms with Crippen molar-refractivity contribution in [1.82, 2.24) is 19.4 Å². The van der Waals surface area contributed by atoms with Crippen molar-refractivity contribution < 1.29 is 4.74 Å². The van der Waals surface area contributed by atoms with Crippen LogP contribution in [0.5, 0.6) is 0 Å². The van der Waals surface area contributed by atoms with E-state index in [-0.39, 0.29) is 0 Å². The number of rotatable bonds is 4. The molecule has 0 saturated carbocycles. The van der Waals surface area contributed by atoms with Gasteiger partial charge >= 0.3 is 0 Å². The Kier molecular flexibility index (Phi) is 4.43. The minimum atomic E-state index is 0.490. The van der Waals surface area contributed by atoms with Gasteiger partial charge < -0.3 is 15.0 Å². The first-order valence-corrected chi connectivity index (χ1v) is 9.67. The van der Waals surface area contributed by atoms with Crippen molar-refractivity contribution in [2.45, 2.75) is 13.1 Å². The van der Waals surface area contributed by atoms with Crippen LogP contribution in [0, 0.1) is 0 Å². The van der Waals surface area contributed by atoms with Crippen LogP contribution in [0.25, 0.3) is 21.9 Å².